The first-order valence-corrected chi connectivity index (χ1v) is 15.1. The van der Waals surface area contributed by atoms with Crippen LogP contribution in [0, 0.1) is 0 Å². The zero-order valence-corrected chi connectivity index (χ0v) is 25.4. The van der Waals surface area contributed by atoms with Crippen molar-refractivity contribution in [3.8, 4) is 22.9 Å². The summed E-state index contributed by atoms with van der Waals surface area (Å²) in [4.78, 5) is 45.0. The highest BCUT2D eigenvalue weighted by Gasteiger charge is 2.19. The predicted molar refractivity (Wildman–Crippen MR) is 163 cm³/mol. The Bertz CT molecular complexity index is 1280. The van der Waals surface area contributed by atoms with Crippen LogP contribution in [0.4, 0.5) is 0 Å². The van der Waals surface area contributed by atoms with E-state index >= 15 is 0 Å². The molecule has 0 radical (unpaired) electrons. The van der Waals surface area contributed by atoms with Crippen LogP contribution in [0.2, 0.25) is 0 Å². The number of carbonyl (C=O) groups is 3. The highest BCUT2D eigenvalue weighted by molar-refractivity contribution is 5.93. The number of methoxy groups -OCH3 is 1. The number of ether oxygens (including phenoxy) is 4. The van der Waals surface area contributed by atoms with E-state index in [2.05, 4.69) is 21.6 Å². The lowest BCUT2D eigenvalue weighted by Crippen LogP contribution is -2.25. The number of unbranched alkanes of at least 4 members (excludes halogenated alkanes) is 9. The summed E-state index contributed by atoms with van der Waals surface area (Å²) in [5.74, 6) is -1.15. The molecule has 1 aromatic heterocycles. The Hall–Kier alpha value is -4.27. The number of hydrogen-bond acceptors (Lipinski definition) is 9. The molecule has 0 saturated carbocycles. The van der Waals surface area contributed by atoms with Crippen LogP contribution in [-0.2, 0) is 14.3 Å². The van der Waals surface area contributed by atoms with Gasteiger partial charge in [-0.25, -0.2) is 24.4 Å². The van der Waals surface area contributed by atoms with Gasteiger partial charge in [0.05, 0.1) is 42.9 Å². The highest BCUT2D eigenvalue weighted by atomic mass is 16.6. The van der Waals surface area contributed by atoms with E-state index < -0.39 is 24.0 Å². The summed E-state index contributed by atoms with van der Waals surface area (Å²) >= 11 is 0. The first-order chi connectivity index (χ1) is 20.9. The van der Waals surface area contributed by atoms with Crippen LogP contribution < -0.4 is 9.47 Å². The van der Waals surface area contributed by atoms with Crippen molar-refractivity contribution in [2.75, 3.05) is 13.7 Å². The van der Waals surface area contributed by atoms with Gasteiger partial charge in [-0.3, -0.25) is 0 Å². The molecule has 43 heavy (non-hydrogen) atoms. The van der Waals surface area contributed by atoms with Crippen LogP contribution in [0.25, 0.3) is 11.3 Å². The van der Waals surface area contributed by atoms with Crippen LogP contribution >= 0.6 is 0 Å². The molecule has 9 heteroatoms. The fraction of sp³-hybridized carbons (Fsp3) is 0.441. The summed E-state index contributed by atoms with van der Waals surface area (Å²) in [6.45, 7) is 4.29. The van der Waals surface area contributed by atoms with Crippen molar-refractivity contribution in [3.05, 3.63) is 72.1 Å². The monoisotopic (exact) mass is 590 g/mol. The van der Waals surface area contributed by atoms with Crippen molar-refractivity contribution in [1.82, 2.24) is 9.97 Å². The van der Waals surface area contributed by atoms with Crippen molar-refractivity contribution in [2.45, 2.75) is 84.2 Å². The minimum absolute atomic E-state index is 0.205. The fourth-order valence-electron chi connectivity index (χ4n) is 4.35. The van der Waals surface area contributed by atoms with Gasteiger partial charge in [-0.2, -0.15) is 0 Å². The molecular formula is C34H42N2O7. The smallest absolute Gasteiger partial charge is 0.346 e. The second-order valence-corrected chi connectivity index (χ2v) is 10.3. The number of nitrogens with zero attached hydrogens (tertiary/aromatic N) is 2. The third-order valence-corrected chi connectivity index (χ3v) is 6.91. The van der Waals surface area contributed by atoms with E-state index in [1.165, 1.54) is 89.7 Å². The van der Waals surface area contributed by atoms with Crippen LogP contribution in [0.15, 0.2) is 60.9 Å². The number of carbonyl (C=O) groups excluding carboxylic acids is 3. The van der Waals surface area contributed by atoms with Crippen LogP contribution in [0.5, 0.6) is 11.6 Å². The molecule has 0 aliphatic carbocycles. The summed E-state index contributed by atoms with van der Waals surface area (Å²) in [7, 11) is 1.21. The van der Waals surface area contributed by atoms with Crippen molar-refractivity contribution < 1.29 is 33.3 Å². The van der Waals surface area contributed by atoms with E-state index in [9.17, 15) is 14.4 Å². The maximum atomic E-state index is 12.6. The second-order valence-electron chi connectivity index (χ2n) is 10.3. The molecule has 3 aromatic rings. The first-order valence-electron chi connectivity index (χ1n) is 15.1. The molecule has 9 nitrogen and oxygen atoms in total. The largest absolute Gasteiger partial charge is 0.477 e. The molecule has 3 rings (SSSR count). The second kappa shape index (κ2) is 18.3. The molecule has 0 unspecified atom stereocenters. The minimum Gasteiger partial charge on any atom is -0.477 e. The SMILES string of the molecule is CCCCCCCCCCCCOc1cnc(-c2ccc(C(=O)Oc3ccc(C(=O)O[C@H](C)C(=O)OC)cc3)cc2)cn1. The topological polar surface area (TPSA) is 114 Å². The summed E-state index contributed by atoms with van der Waals surface area (Å²) in [5, 5.41) is 0. The van der Waals surface area contributed by atoms with Gasteiger partial charge >= 0.3 is 17.9 Å². The minimum atomic E-state index is -1.03. The quantitative estimate of drug-likeness (QED) is 0.0850. The van der Waals surface area contributed by atoms with Gasteiger partial charge in [0, 0.05) is 5.56 Å². The lowest BCUT2D eigenvalue weighted by atomic mass is 10.1. The Kier molecular flexibility index (Phi) is 14.1. The molecular weight excluding hydrogens is 548 g/mol. The van der Waals surface area contributed by atoms with E-state index in [1.807, 2.05) is 0 Å². The lowest BCUT2D eigenvalue weighted by molar-refractivity contribution is -0.149. The van der Waals surface area contributed by atoms with Gasteiger partial charge in [-0.15, -0.1) is 0 Å². The zero-order chi connectivity index (χ0) is 30.9. The summed E-state index contributed by atoms with van der Waals surface area (Å²) in [6.07, 6.45) is 15.0. The van der Waals surface area contributed by atoms with E-state index in [4.69, 9.17) is 14.2 Å². The van der Waals surface area contributed by atoms with Gasteiger partial charge in [0.2, 0.25) is 5.88 Å². The van der Waals surface area contributed by atoms with Gasteiger partial charge in [-0.05, 0) is 49.7 Å². The maximum Gasteiger partial charge on any atom is 0.346 e. The van der Waals surface area contributed by atoms with Crippen LogP contribution in [0.1, 0.15) is 98.8 Å². The number of benzene rings is 2. The Labute approximate surface area is 253 Å². The number of aromatic nitrogens is 2. The molecule has 1 heterocycles. The number of rotatable bonds is 18. The molecule has 0 spiro atoms. The van der Waals surface area contributed by atoms with Crippen molar-refractivity contribution in [3.63, 3.8) is 0 Å². The van der Waals surface area contributed by atoms with E-state index in [0.29, 0.717) is 23.7 Å². The lowest BCUT2D eigenvalue weighted by Gasteiger charge is -2.11. The van der Waals surface area contributed by atoms with Gasteiger partial charge in [0.15, 0.2) is 6.10 Å². The Morgan fingerprint density at radius 3 is 1.88 bits per heavy atom. The normalized spacial score (nSPS) is 11.4. The third-order valence-electron chi connectivity index (χ3n) is 6.91. The number of hydrogen-bond donors (Lipinski definition) is 0. The average Bonchev–Trinajstić information content (AvgIpc) is 3.03. The van der Waals surface area contributed by atoms with E-state index in [0.717, 1.165) is 18.4 Å². The molecule has 0 N–H and O–H groups in total. The molecule has 0 amide bonds. The summed E-state index contributed by atoms with van der Waals surface area (Å²) < 4.78 is 20.7. The highest BCUT2D eigenvalue weighted by Crippen LogP contribution is 2.20. The van der Waals surface area contributed by atoms with Gasteiger partial charge < -0.3 is 18.9 Å². The molecule has 0 aliphatic heterocycles. The Balaban J connectivity index is 1.39. The van der Waals surface area contributed by atoms with Crippen LogP contribution in [-0.4, -0.2) is 47.7 Å². The molecule has 2 aromatic carbocycles. The molecule has 1 atom stereocenters. The molecule has 0 bridgehead atoms. The molecule has 230 valence electrons. The summed E-state index contributed by atoms with van der Waals surface area (Å²) in [5.41, 5.74) is 2.02. The predicted octanol–water partition coefficient (Wildman–Crippen LogP) is 7.38. The Morgan fingerprint density at radius 2 is 1.30 bits per heavy atom. The Morgan fingerprint density at radius 1 is 0.721 bits per heavy atom. The van der Waals surface area contributed by atoms with Crippen molar-refractivity contribution >= 4 is 17.9 Å². The maximum absolute atomic E-state index is 12.6. The molecule has 0 aliphatic rings. The standard InChI is InChI=1S/C34H42N2O7/c1-4-5-6-7-8-9-10-11-12-13-22-41-31-24-35-30(23-36-31)26-14-16-27(17-15-26)34(39)43-29-20-18-28(19-21-29)33(38)42-25(2)32(37)40-3/h14-21,23-25H,4-13,22H2,1-3H3/t25-/m1/s1. The van der Waals surface area contributed by atoms with E-state index in [-0.39, 0.29) is 11.3 Å². The third kappa shape index (κ3) is 11.5. The van der Waals surface area contributed by atoms with Crippen molar-refractivity contribution in [1.29, 1.82) is 0 Å². The van der Waals surface area contributed by atoms with Gasteiger partial charge in [-0.1, -0.05) is 76.8 Å². The average molecular weight is 591 g/mol. The van der Waals surface area contributed by atoms with E-state index in [1.54, 1.807) is 36.7 Å². The molecule has 0 fully saturated rings. The van der Waals surface area contributed by atoms with Crippen LogP contribution in [0.3, 0.4) is 0 Å². The first kappa shape index (κ1) is 33.2. The van der Waals surface area contributed by atoms with Gasteiger partial charge in [0.25, 0.3) is 0 Å². The summed E-state index contributed by atoms with van der Waals surface area (Å²) in [6, 6.07) is 12.7. The number of esters is 3. The van der Waals surface area contributed by atoms with Crippen molar-refractivity contribution in [2.24, 2.45) is 0 Å². The molecule has 0 saturated heterocycles. The zero-order valence-electron chi connectivity index (χ0n) is 25.4. The van der Waals surface area contributed by atoms with Gasteiger partial charge in [0.1, 0.15) is 5.75 Å². The fourth-order valence-corrected chi connectivity index (χ4v) is 4.35.